The third kappa shape index (κ3) is 4.32. The number of anilines is 2. The molecule has 19 heavy (non-hydrogen) atoms. The number of ether oxygens (including phenoxy) is 1. The molecular weight excluding hydrogens is 286 g/mol. The number of nitrogens with zero attached hydrogens (tertiary/aromatic N) is 1. The SMILES string of the molecule is CS(=O)(=O)c1c(N)nsc1NCCCOCC1CC1. The van der Waals surface area contributed by atoms with Crippen LogP contribution in [0.25, 0.3) is 0 Å². The van der Waals surface area contributed by atoms with Gasteiger partial charge in [0.05, 0.1) is 0 Å². The van der Waals surface area contributed by atoms with E-state index in [2.05, 4.69) is 9.69 Å². The van der Waals surface area contributed by atoms with Gasteiger partial charge in [-0.2, -0.15) is 4.37 Å². The van der Waals surface area contributed by atoms with Gasteiger partial charge in [-0.05, 0) is 36.7 Å². The summed E-state index contributed by atoms with van der Waals surface area (Å²) in [6, 6.07) is 0. The molecule has 0 aliphatic heterocycles. The van der Waals surface area contributed by atoms with Crippen LogP contribution in [0.1, 0.15) is 19.3 Å². The van der Waals surface area contributed by atoms with Crippen molar-refractivity contribution in [2.24, 2.45) is 5.92 Å². The zero-order valence-electron chi connectivity index (χ0n) is 10.9. The molecule has 1 fully saturated rings. The summed E-state index contributed by atoms with van der Waals surface area (Å²) >= 11 is 1.08. The van der Waals surface area contributed by atoms with Gasteiger partial charge in [-0.3, -0.25) is 0 Å². The monoisotopic (exact) mass is 305 g/mol. The van der Waals surface area contributed by atoms with Crippen LogP contribution in [-0.2, 0) is 14.6 Å². The molecule has 1 aromatic heterocycles. The van der Waals surface area contributed by atoms with Crippen molar-refractivity contribution in [2.45, 2.75) is 24.2 Å². The Hall–Kier alpha value is -0.860. The van der Waals surface area contributed by atoms with Crippen LogP contribution < -0.4 is 11.1 Å². The molecule has 0 spiro atoms. The standard InChI is InChI=1S/C11H19N3O3S2/c1-19(15,16)9-10(12)14-18-11(9)13-5-2-6-17-7-8-3-4-8/h8,13H,2-7H2,1H3,(H2,12,14). The van der Waals surface area contributed by atoms with E-state index < -0.39 is 9.84 Å². The number of nitrogens with one attached hydrogen (secondary N) is 1. The van der Waals surface area contributed by atoms with Crippen molar-refractivity contribution in [3.63, 3.8) is 0 Å². The smallest absolute Gasteiger partial charge is 0.182 e. The van der Waals surface area contributed by atoms with Gasteiger partial charge in [-0.15, -0.1) is 0 Å². The lowest BCUT2D eigenvalue weighted by molar-refractivity contribution is 0.124. The minimum atomic E-state index is -3.34. The van der Waals surface area contributed by atoms with Crippen molar-refractivity contribution in [3.05, 3.63) is 0 Å². The van der Waals surface area contributed by atoms with E-state index in [-0.39, 0.29) is 10.7 Å². The predicted octanol–water partition coefficient (Wildman–Crippen LogP) is 1.36. The molecule has 0 unspecified atom stereocenters. The minimum absolute atomic E-state index is 0.0694. The molecule has 2 rings (SSSR count). The molecular formula is C11H19N3O3S2. The van der Waals surface area contributed by atoms with Gasteiger partial charge in [-0.25, -0.2) is 8.42 Å². The third-order valence-electron chi connectivity index (χ3n) is 2.85. The number of nitrogen functional groups attached to an aromatic ring is 1. The normalized spacial score (nSPS) is 15.6. The average molecular weight is 305 g/mol. The van der Waals surface area contributed by atoms with E-state index in [9.17, 15) is 8.42 Å². The van der Waals surface area contributed by atoms with Gasteiger partial charge in [0.2, 0.25) is 0 Å². The highest BCUT2D eigenvalue weighted by molar-refractivity contribution is 7.91. The summed E-state index contributed by atoms with van der Waals surface area (Å²) in [6.45, 7) is 2.18. The Balaban J connectivity index is 1.76. The number of sulfone groups is 1. The van der Waals surface area contributed by atoms with Crippen molar-refractivity contribution >= 4 is 32.2 Å². The average Bonchev–Trinajstić information content (AvgIpc) is 3.05. The Kier molecular flexibility index (Phi) is 4.64. The van der Waals surface area contributed by atoms with Gasteiger partial charge >= 0.3 is 0 Å². The zero-order valence-corrected chi connectivity index (χ0v) is 12.5. The second-order valence-electron chi connectivity index (χ2n) is 4.80. The summed E-state index contributed by atoms with van der Waals surface area (Å²) < 4.78 is 32.5. The highest BCUT2D eigenvalue weighted by atomic mass is 32.2. The first-order valence-electron chi connectivity index (χ1n) is 6.25. The quantitative estimate of drug-likeness (QED) is 0.704. The van der Waals surface area contributed by atoms with Crippen LogP contribution in [0.2, 0.25) is 0 Å². The number of aromatic nitrogens is 1. The van der Waals surface area contributed by atoms with Crippen molar-refractivity contribution in [1.29, 1.82) is 0 Å². The number of hydrogen-bond acceptors (Lipinski definition) is 7. The van der Waals surface area contributed by atoms with Crippen LogP contribution in [0.3, 0.4) is 0 Å². The molecule has 108 valence electrons. The van der Waals surface area contributed by atoms with Gasteiger partial charge in [0, 0.05) is 26.0 Å². The maximum absolute atomic E-state index is 11.6. The first-order chi connectivity index (χ1) is 8.98. The molecule has 1 aliphatic rings. The summed E-state index contributed by atoms with van der Waals surface area (Å²) in [5.74, 6) is 0.839. The minimum Gasteiger partial charge on any atom is -0.382 e. The van der Waals surface area contributed by atoms with Gasteiger partial charge < -0.3 is 15.8 Å². The third-order valence-corrected chi connectivity index (χ3v) is 4.95. The molecule has 1 heterocycles. The Morgan fingerprint density at radius 2 is 2.26 bits per heavy atom. The molecule has 8 heteroatoms. The van der Waals surface area contributed by atoms with Crippen LogP contribution in [0.5, 0.6) is 0 Å². The predicted molar refractivity (Wildman–Crippen MR) is 76.3 cm³/mol. The fourth-order valence-corrected chi connectivity index (χ4v) is 3.77. The summed E-state index contributed by atoms with van der Waals surface area (Å²) in [4.78, 5) is 0.108. The van der Waals surface area contributed by atoms with E-state index in [1.54, 1.807) is 0 Å². The molecule has 6 nitrogen and oxygen atoms in total. The van der Waals surface area contributed by atoms with Crippen molar-refractivity contribution < 1.29 is 13.2 Å². The van der Waals surface area contributed by atoms with E-state index >= 15 is 0 Å². The molecule has 0 amide bonds. The lowest BCUT2D eigenvalue weighted by Crippen LogP contribution is -2.09. The van der Waals surface area contributed by atoms with Crippen LogP contribution >= 0.6 is 11.5 Å². The summed E-state index contributed by atoms with van der Waals surface area (Å²) in [5, 5.41) is 3.58. The number of rotatable bonds is 8. The van der Waals surface area contributed by atoms with E-state index in [0.717, 1.165) is 36.7 Å². The van der Waals surface area contributed by atoms with Gasteiger partial charge in [0.25, 0.3) is 0 Å². The first kappa shape index (κ1) is 14.5. The molecule has 1 aliphatic carbocycles. The maximum atomic E-state index is 11.6. The van der Waals surface area contributed by atoms with Gasteiger partial charge in [-0.1, -0.05) is 0 Å². The lowest BCUT2D eigenvalue weighted by atomic mass is 10.4. The number of hydrogen-bond donors (Lipinski definition) is 2. The largest absolute Gasteiger partial charge is 0.382 e. The Bertz CT molecular complexity index is 523. The Morgan fingerprint density at radius 1 is 1.53 bits per heavy atom. The fraction of sp³-hybridized carbons (Fsp3) is 0.727. The van der Waals surface area contributed by atoms with E-state index in [1.165, 1.54) is 12.8 Å². The van der Waals surface area contributed by atoms with E-state index in [1.807, 2.05) is 0 Å². The molecule has 1 saturated carbocycles. The molecule has 0 bridgehead atoms. The Labute approximate surface area is 117 Å². The van der Waals surface area contributed by atoms with Gasteiger partial charge in [0.1, 0.15) is 9.90 Å². The highest BCUT2D eigenvalue weighted by Gasteiger charge is 2.21. The van der Waals surface area contributed by atoms with E-state index in [0.29, 0.717) is 18.2 Å². The van der Waals surface area contributed by atoms with Crippen LogP contribution in [-0.4, -0.2) is 38.8 Å². The zero-order chi connectivity index (χ0) is 13.9. The van der Waals surface area contributed by atoms with Crippen LogP contribution in [0.15, 0.2) is 4.90 Å². The molecule has 0 aromatic carbocycles. The summed E-state index contributed by atoms with van der Waals surface area (Å²) in [5.41, 5.74) is 5.58. The Morgan fingerprint density at radius 3 is 2.89 bits per heavy atom. The topological polar surface area (TPSA) is 94.3 Å². The summed E-state index contributed by atoms with van der Waals surface area (Å²) in [6.07, 6.45) is 4.54. The summed E-state index contributed by atoms with van der Waals surface area (Å²) in [7, 11) is -3.34. The van der Waals surface area contributed by atoms with E-state index in [4.69, 9.17) is 10.5 Å². The number of nitrogens with two attached hydrogens (primary N) is 1. The lowest BCUT2D eigenvalue weighted by Gasteiger charge is -2.06. The van der Waals surface area contributed by atoms with Gasteiger partial charge in [0.15, 0.2) is 15.7 Å². The molecule has 1 aromatic rings. The van der Waals surface area contributed by atoms with Crippen molar-refractivity contribution in [1.82, 2.24) is 4.37 Å². The van der Waals surface area contributed by atoms with Crippen LogP contribution in [0, 0.1) is 5.92 Å². The second-order valence-corrected chi connectivity index (χ2v) is 7.52. The molecule has 0 atom stereocenters. The van der Waals surface area contributed by atoms with Crippen molar-refractivity contribution in [2.75, 3.05) is 37.1 Å². The maximum Gasteiger partial charge on any atom is 0.182 e. The van der Waals surface area contributed by atoms with Crippen molar-refractivity contribution in [3.8, 4) is 0 Å². The van der Waals surface area contributed by atoms with Crippen LogP contribution in [0.4, 0.5) is 10.8 Å². The fourth-order valence-electron chi connectivity index (χ4n) is 1.68. The second kappa shape index (κ2) is 6.06. The molecule has 0 radical (unpaired) electrons. The molecule has 3 N–H and O–H groups in total. The highest BCUT2D eigenvalue weighted by Crippen LogP contribution is 2.31. The first-order valence-corrected chi connectivity index (χ1v) is 8.92. The molecule has 0 saturated heterocycles.